The summed E-state index contributed by atoms with van der Waals surface area (Å²) < 4.78 is 5.53. The van der Waals surface area contributed by atoms with Gasteiger partial charge >= 0.3 is 0 Å². The summed E-state index contributed by atoms with van der Waals surface area (Å²) in [6.07, 6.45) is 7.41. The van der Waals surface area contributed by atoms with Crippen molar-refractivity contribution in [2.75, 3.05) is 6.61 Å². The molecule has 2 heterocycles. The van der Waals surface area contributed by atoms with Crippen LogP contribution in [0.3, 0.4) is 0 Å². The molecule has 0 saturated carbocycles. The molecule has 0 radical (unpaired) electrons. The minimum Gasteiger partial charge on any atom is -0.489 e. The summed E-state index contributed by atoms with van der Waals surface area (Å²) in [5, 5.41) is 19.1. The second kappa shape index (κ2) is 5.76. The monoisotopic (exact) mass is 271 g/mol. The fourth-order valence-corrected chi connectivity index (χ4v) is 1.78. The minimum absolute atomic E-state index is 0.203. The highest BCUT2D eigenvalue weighted by molar-refractivity contribution is 5.81. The molecule has 0 bridgehead atoms. The zero-order valence-corrected chi connectivity index (χ0v) is 11.6. The molecule has 2 rings (SSSR count). The molecule has 20 heavy (non-hydrogen) atoms. The Hall–Kier alpha value is -2.32. The molecule has 2 N–H and O–H groups in total. The molecule has 5 heteroatoms. The van der Waals surface area contributed by atoms with Crippen LogP contribution in [-0.4, -0.2) is 27.3 Å². The lowest BCUT2D eigenvalue weighted by Crippen LogP contribution is -2.27. The summed E-state index contributed by atoms with van der Waals surface area (Å²) in [4.78, 5) is 7.36. The average Bonchev–Trinajstić information content (AvgIpc) is 2.79. The van der Waals surface area contributed by atoms with Crippen molar-refractivity contribution in [3.8, 4) is 11.8 Å². The van der Waals surface area contributed by atoms with Crippen LogP contribution in [-0.2, 0) is 6.42 Å². The summed E-state index contributed by atoms with van der Waals surface area (Å²) >= 11 is 0. The van der Waals surface area contributed by atoms with Crippen molar-refractivity contribution in [3.05, 3.63) is 36.2 Å². The van der Waals surface area contributed by atoms with Gasteiger partial charge in [-0.1, -0.05) is 6.08 Å². The van der Waals surface area contributed by atoms with Crippen LogP contribution in [0.5, 0.6) is 5.75 Å². The number of nitriles is 1. The molecular formula is C15H17N3O2. The van der Waals surface area contributed by atoms with Gasteiger partial charge in [-0.05, 0) is 31.9 Å². The highest BCUT2D eigenvalue weighted by Gasteiger charge is 2.14. The van der Waals surface area contributed by atoms with Crippen LogP contribution < -0.4 is 4.74 Å². The second-order valence-corrected chi connectivity index (χ2v) is 5.22. The number of ether oxygens (including phenoxy) is 1. The fourth-order valence-electron chi connectivity index (χ4n) is 1.78. The summed E-state index contributed by atoms with van der Waals surface area (Å²) in [7, 11) is 0. The van der Waals surface area contributed by atoms with Gasteiger partial charge < -0.3 is 14.8 Å². The zero-order chi connectivity index (χ0) is 14.6. The number of hydrogen-bond donors (Lipinski definition) is 2. The van der Waals surface area contributed by atoms with Gasteiger partial charge in [0.15, 0.2) is 0 Å². The van der Waals surface area contributed by atoms with Crippen molar-refractivity contribution >= 4 is 11.0 Å². The Labute approximate surface area is 117 Å². The lowest BCUT2D eigenvalue weighted by Gasteiger charge is -2.17. The number of H-pyrrole nitrogens is 1. The Morgan fingerprint density at radius 1 is 1.55 bits per heavy atom. The van der Waals surface area contributed by atoms with E-state index in [9.17, 15) is 5.11 Å². The van der Waals surface area contributed by atoms with Gasteiger partial charge in [0, 0.05) is 17.7 Å². The topological polar surface area (TPSA) is 81.9 Å². The lowest BCUT2D eigenvalue weighted by molar-refractivity contribution is 0.0284. The van der Waals surface area contributed by atoms with E-state index < -0.39 is 5.60 Å². The van der Waals surface area contributed by atoms with Gasteiger partial charge in [-0.25, -0.2) is 4.98 Å². The van der Waals surface area contributed by atoms with Crippen molar-refractivity contribution in [3.63, 3.8) is 0 Å². The molecular weight excluding hydrogens is 254 g/mol. The van der Waals surface area contributed by atoms with Gasteiger partial charge in [-0.15, -0.1) is 0 Å². The quantitative estimate of drug-likeness (QED) is 0.818. The molecule has 104 valence electrons. The van der Waals surface area contributed by atoms with Gasteiger partial charge in [0.25, 0.3) is 0 Å². The molecule has 0 amide bonds. The molecule has 0 atom stereocenters. The maximum absolute atomic E-state index is 9.66. The Bertz CT molecular complexity index is 660. The van der Waals surface area contributed by atoms with E-state index in [4.69, 9.17) is 10.00 Å². The van der Waals surface area contributed by atoms with Crippen molar-refractivity contribution in [2.24, 2.45) is 0 Å². The standard InChI is InChI=1S/C15H17N3O2/c1-15(2,19)10-20-12-7-13-11(5-3-4-6-16)8-17-14(13)18-9-12/h3-4,7-9,19H,5,10H2,1-2H3,(H,17,18)/b4-3+. The number of allylic oxidation sites excluding steroid dienone is 2. The molecule has 0 unspecified atom stereocenters. The number of nitrogens with one attached hydrogen (secondary N) is 1. The maximum Gasteiger partial charge on any atom is 0.138 e. The third-order valence-corrected chi connectivity index (χ3v) is 2.71. The molecule has 5 nitrogen and oxygen atoms in total. The zero-order valence-electron chi connectivity index (χ0n) is 11.6. The summed E-state index contributed by atoms with van der Waals surface area (Å²) in [6, 6.07) is 3.86. The first-order valence-electron chi connectivity index (χ1n) is 6.35. The molecule has 0 aliphatic carbocycles. The Kier molecular flexibility index (Phi) is 4.06. The second-order valence-electron chi connectivity index (χ2n) is 5.22. The normalized spacial score (nSPS) is 11.9. The van der Waals surface area contributed by atoms with E-state index in [1.807, 2.05) is 18.3 Å². The van der Waals surface area contributed by atoms with Crippen molar-refractivity contribution in [1.82, 2.24) is 9.97 Å². The highest BCUT2D eigenvalue weighted by atomic mass is 16.5. The van der Waals surface area contributed by atoms with Gasteiger partial charge in [0.05, 0.1) is 17.9 Å². The Balaban J connectivity index is 2.21. The first-order valence-corrected chi connectivity index (χ1v) is 6.35. The third kappa shape index (κ3) is 3.59. The first kappa shape index (κ1) is 14.1. The van der Waals surface area contributed by atoms with E-state index in [1.165, 1.54) is 6.08 Å². The molecule has 0 saturated heterocycles. The lowest BCUT2D eigenvalue weighted by atomic mass is 10.1. The first-order chi connectivity index (χ1) is 9.49. The smallest absolute Gasteiger partial charge is 0.138 e. The van der Waals surface area contributed by atoms with Gasteiger partial charge in [0.2, 0.25) is 0 Å². The van der Waals surface area contributed by atoms with Crippen LogP contribution in [0.2, 0.25) is 0 Å². The average molecular weight is 271 g/mol. The fraction of sp³-hybridized carbons (Fsp3) is 0.333. The van der Waals surface area contributed by atoms with Crippen molar-refractivity contribution in [1.29, 1.82) is 5.26 Å². The predicted molar refractivity (Wildman–Crippen MR) is 76.3 cm³/mol. The predicted octanol–water partition coefficient (Wildman–Crippen LogP) is 2.33. The molecule has 0 aliphatic rings. The van der Waals surface area contributed by atoms with E-state index in [1.54, 1.807) is 26.1 Å². The van der Waals surface area contributed by atoms with Gasteiger partial charge in [-0.3, -0.25) is 0 Å². The van der Waals surface area contributed by atoms with Crippen LogP contribution in [0.15, 0.2) is 30.6 Å². The van der Waals surface area contributed by atoms with Gasteiger partial charge in [-0.2, -0.15) is 5.26 Å². The SMILES string of the molecule is CC(C)(O)COc1cnc2[nH]cc(C/C=C/C#N)c2c1. The van der Waals surface area contributed by atoms with Crippen LogP contribution in [0.4, 0.5) is 0 Å². The van der Waals surface area contributed by atoms with E-state index in [0.717, 1.165) is 16.6 Å². The third-order valence-electron chi connectivity index (χ3n) is 2.71. The molecule has 0 aromatic carbocycles. The van der Waals surface area contributed by atoms with Crippen LogP contribution >= 0.6 is 0 Å². The largest absolute Gasteiger partial charge is 0.489 e. The van der Waals surface area contributed by atoms with E-state index in [0.29, 0.717) is 12.2 Å². The van der Waals surface area contributed by atoms with Crippen LogP contribution in [0.1, 0.15) is 19.4 Å². The van der Waals surface area contributed by atoms with Gasteiger partial charge in [0.1, 0.15) is 18.0 Å². The molecule has 0 spiro atoms. The number of rotatable bonds is 5. The van der Waals surface area contributed by atoms with E-state index >= 15 is 0 Å². The van der Waals surface area contributed by atoms with Crippen LogP contribution in [0.25, 0.3) is 11.0 Å². The summed E-state index contributed by atoms with van der Waals surface area (Å²) in [5.74, 6) is 0.615. The number of pyridine rings is 1. The Morgan fingerprint density at radius 3 is 3.05 bits per heavy atom. The summed E-state index contributed by atoms with van der Waals surface area (Å²) in [5.41, 5.74) is 0.944. The number of aliphatic hydroxyl groups is 1. The Morgan fingerprint density at radius 2 is 2.35 bits per heavy atom. The number of aromatic nitrogens is 2. The minimum atomic E-state index is -0.883. The number of nitrogens with zero attached hydrogens (tertiary/aromatic N) is 2. The van der Waals surface area contributed by atoms with E-state index in [-0.39, 0.29) is 6.61 Å². The molecule has 2 aromatic heterocycles. The number of fused-ring (bicyclic) bond motifs is 1. The molecule has 2 aromatic rings. The van der Waals surface area contributed by atoms with E-state index in [2.05, 4.69) is 9.97 Å². The number of hydrogen-bond acceptors (Lipinski definition) is 4. The van der Waals surface area contributed by atoms with Crippen molar-refractivity contribution < 1.29 is 9.84 Å². The molecule has 0 aliphatic heterocycles. The number of aromatic amines is 1. The highest BCUT2D eigenvalue weighted by Crippen LogP contribution is 2.22. The molecule has 0 fully saturated rings. The van der Waals surface area contributed by atoms with Crippen molar-refractivity contribution in [2.45, 2.75) is 25.9 Å². The van der Waals surface area contributed by atoms with Crippen LogP contribution in [0, 0.1) is 11.3 Å². The maximum atomic E-state index is 9.66. The summed E-state index contributed by atoms with van der Waals surface area (Å²) in [6.45, 7) is 3.58.